The molecule has 174 valence electrons. The molecule has 0 aromatic carbocycles. The number of hydrogen-bond acceptors (Lipinski definition) is 8. The number of aromatic nitrogens is 3. The molecule has 0 saturated heterocycles. The van der Waals surface area contributed by atoms with Gasteiger partial charge in [0.25, 0.3) is 0 Å². The topological polar surface area (TPSA) is 113 Å². The van der Waals surface area contributed by atoms with Gasteiger partial charge < -0.3 is 19.3 Å². The fourth-order valence-corrected chi connectivity index (χ4v) is 3.86. The van der Waals surface area contributed by atoms with Crippen LogP contribution in [0.15, 0.2) is 18.3 Å². The number of rotatable bonds is 8. The minimum absolute atomic E-state index is 0.0429. The lowest BCUT2D eigenvalue weighted by Gasteiger charge is -2.29. The number of aliphatic hydroxyl groups is 1. The normalized spacial score (nSPS) is 18.4. The molecule has 1 aliphatic carbocycles. The smallest absolute Gasteiger partial charge is 0.309 e. The van der Waals surface area contributed by atoms with Gasteiger partial charge in [-0.05, 0) is 51.7 Å². The van der Waals surface area contributed by atoms with Crippen molar-refractivity contribution >= 4 is 11.9 Å². The Morgan fingerprint density at radius 1 is 1.28 bits per heavy atom. The Balaban J connectivity index is 1.81. The van der Waals surface area contributed by atoms with Gasteiger partial charge in [-0.1, -0.05) is 0 Å². The highest BCUT2D eigenvalue weighted by molar-refractivity contribution is 5.72. The van der Waals surface area contributed by atoms with E-state index in [0.29, 0.717) is 34.8 Å². The third-order valence-electron chi connectivity index (χ3n) is 5.44. The van der Waals surface area contributed by atoms with Crippen LogP contribution in [0.4, 0.5) is 0 Å². The van der Waals surface area contributed by atoms with Crippen molar-refractivity contribution in [3.63, 3.8) is 0 Å². The summed E-state index contributed by atoms with van der Waals surface area (Å²) in [7, 11) is 1.75. The fraction of sp³-hybridized carbons (Fsp3) is 0.565. The van der Waals surface area contributed by atoms with Gasteiger partial charge in [0, 0.05) is 19.5 Å². The van der Waals surface area contributed by atoms with Gasteiger partial charge in [0.15, 0.2) is 0 Å². The van der Waals surface area contributed by atoms with Crippen molar-refractivity contribution < 1.29 is 28.9 Å². The van der Waals surface area contributed by atoms with E-state index in [4.69, 9.17) is 14.2 Å². The van der Waals surface area contributed by atoms with Crippen LogP contribution in [0.25, 0.3) is 11.3 Å². The van der Waals surface area contributed by atoms with Crippen LogP contribution in [-0.4, -0.2) is 44.0 Å². The van der Waals surface area contributed by atoms with Gasteiger partial charge in [0.1, 0.15) is 18.1 Å². The maximum Gasteiger partial charge on any atom is 0.309 e. The van der Waals surface area contributed by atoms with Crippen LogP contribution in [0.3, 0.4) is 0 Å². The second-order valence-electron chi connectivity index (χ2n) is 8.30. The number of ether oxygens (including phenoxy) is 3. The highest BCUT2D eigenvalue weighted by atomic mass is 16.5. The molecule has 1 aliphatic rings. The maximum atomic E-state index is 12.3. The molecule has 0 amide bonds. The molecule has 9 heteroatoms. The zero-order valence-electron chi connectivity index (χ0n) is 19.0. The fourth-order valence-electron chi connectivity index (χ4n) is 3.86. The molecule has 2 aromatic heterocycles. The summed E-state index contributed by atoms with van der Waals surface area (Å²) in [5.41, 5.74) is 2.39. The van der Waals surface area contributed by atoms with Gasteiger partial charge in [-0.3, -0.25) is 14.3 Å². The summed E-state index contributed by atoms with van der Waals surface area (Å²) in [6.07, 6.45) is 4.36. The number of hydrogen-bond donors (Lipinski definition) is 1. The first-order valence-corrected chi connectivity index (χ1v) is 10.9. The van der Waals surface area contributed by atoms with Crippen LogP contribution in [0.5, 0.6) is 5.75 Å². The average molecular weight is 446 g/mol. The number of carbonyl (C=O) groups is 2. The zero-order valence-corrected chi connectivity index (χ0v) is 19.0. The van der Waals surface area contributed by atoms with Crippen LogP contribution in [0.1, 0.15) is 57.8 Å². The van der Waals surface area contributed by atoms with Crippen LogP contribution in [0, 0.1) is 5.92 Å². The summed E-state index contributed by atoms with van der Waals surface area (Å²) in [5, 5.41) is 13.9. The van der Waals surface area contributed by atoms with Gasteiger partial charge in [-0.15, -0.1) is 0 Å². The minimum Gasteiger partial charge on any atom is -0.488 e. The van der Waals surface area contributed by atoms with Gasteiger partial charge >= 0.3 is 11.9 Å². The van der Waals surface area contributed by atoms with Gasteiger partial charge in [0.05, 0.1) is 42.3 Å². The molecular weight excluding hydrogens is 414 g/mol. The second kappa shape index (κ2) is 10.6. The minimum atomic E-state index is -0.422. The number of pyridine rings is 1. The van der Waals surface area contributed by atoms with E-state index in [2.05, 4.69) is 10.1 Å². The number of aryl methyl sites for hydroxylation is 1. The first-order valence-electron chi connectivity index (χ1n) is 10.9. The number of esters is 2. The average Bonchev–Trinajstić information content (AvgIpc) is 3.13. The molecule has 0 aliphatic heterocycles. The zero-order chi connectivity index (χ0) is 23.3. The van der Waals surface area contributed by atoms with Crippen molar-refractivity contribution in [1.82, 2.24) is 14.8 Å². The van der Waals surface area contributed by atoms with Gasteiger partial charge in [0.2, 0.25) is 0 Å². The van der Waals surface area contributed by atoms with Crippen molar-refractivity contribution in [2.75, 3.05) is 0 Å². The second-order valence-corrected chi connectivity index (χ2v) is 8.30. The van der Waals surface area contributed by atoms with E-state index >= 15 is 0 Å². The summed E-state index contributed by atoms with van der Waals surface area (Å²) in [4.78, 5) is 28.4. The predicted octanol–water partition coefficient (Wildman–Crippen LogP) is 2.93. The Bertz CT molecular complexity index is 955. The van der Waals surface area contributed by atoms with Gasteiger partial charge in [-0.2, -0.15) is 5.10 Å². The monoisotopic (exact) mass is 445 g/mol. The van der Waals surface area contributed by atoms with E-state index in [9.17, 15) is 14.7 Å². The molecule has 3 rings (SSSR count). The summed E-state index contributed by atoms with van der Waals surface area (Å²) in [6.45, 7) is 4.79. The molecule has 2 aromatic rings. The van der Waals surface area contributed by atoms with Crippen LogP contribution in [0.2, 0.25) is 0 Å². The summed E-state index contributed by atoms with van der Waals surface area (Å²) >= 11 is 0. The van der Waals surface area contributed by atoms with Crippen LogP contribution < -0.4 is 4.74 Å². The Morgan fingerprint density at radius 2 is 2.06 bits per heavy atom. The molecule has 9 nitrogen and oxygen atoms in total. The summed E-state index contributed by atoms with van der Waals surface area (Å²) in [6, 6.07) is 3.57. The van der Waals surface area contributed by atoms with Crippen LogP contribution in [-0.2, 0) is 39.3 Å². The molecule has 1 saturated carbocycles. The maximum absolute atomic E-state index is 12.3. The molecule has 1 N–H and O–H groups in total. The quantitative estimate of drug-likeness (QED) is 0.617. The predicted molar refractivity (Wildman–Crippen MR) is 115 cm³/mol. The number of carbonyl (C=O) groups excluding carboxylic acids is 2. The molecule has 0 bridgehead atoms. The first-order chi connectivity index (χ1) is 15.3. The molecule has 1 fully saturated rings. The van der Waals surface area contributed by atoms with Crippen molar-refractivity contribution in [2.45, 2.75) is 71.9 Å². The summed E-state index contributed by atoms with van der Waals surface area (Å²) in [5.74, 6) is -0.292. The largest absolute Gasteiger partial charge is 0.488 e. The number of aliphatic hydroxyl groups excluding tert-OH is 1. The standard InChI is InChI=1S/C23H31N3O6/c1-14(2)31-23(29)16-6-5-7-17(10-16)32-22-9-8-19(25-20(22)13-30-15(3)28)18-11-24-26(4)21(18)12-27/h8-9,11,14,16-17,27H,5-7,10,12-13H2,1-4H3/t16-,17?/m0/s1. The highest BCUT2D eigenvalue weighted by Gasteiger charge is 2.30. The third-order valence-corrected chi connectivity index (χ3v) is 5.44. The summed E-state index contributed by atoms with van der Waals surface area (Å²) < 4.78 is 18.4. The lowest BCUT2D eigenvalue weighted by Crippen LogP contribution is -2.32. The Morgan fingerprint density at radius 3 is 2.75 bits per heavy atom. The molecular formula is C23H31N3O6. The van der Waals surface area contributed by atoms with E-state index in [-0.39, 0.29) is 37.3 Å². The SMILES string of the molecule is CC(=O)OCc1nc(-c2cnn(C)c2CO)ccc1OC1CCC[C@H](C(=O)OC(C)C)C1. The molecule has 2 atom stereocenters. The van der Waals surface area contributed by atoms with E-state index in [1.54, 1.807) is 30.1 Å². The van der Waals surface area contributed by atoms with Crippen molar-refractivity contribution in [1.29, 1.82) is 0 Å². The number of nitrogens with zero attached hydrogens (tertiary/aromatic N) is 3. The Hall–Kier alpha value is -2.94. The Labute approximate surface area is 187 Å². The van der Waals surface area contributed by atoms with E-state index in [1.807, 2.05) is 13.8 Å². The molecule has 32 heavy (non-hydrogen) atoms. The van der Waals surface area contributed by atoms with E-state index in [1.165, 1.54) is 6.92 Å². The lowest BCUT2D eigenvalue weighted by molar-refractivity contribution is -0.154. The van der Waals surface area contributed by atoms with E-state index < -0.39 is 5.97 Å². The van der Waals surface area contributed by atoms with Gasteiger partial charge in [-0.25, -0.2) is 4.98 Å². The molecule has 1 unspecified atom stereocenters. The molecule has 2 heterocycles. The molecule has 0 spiro atoms. The highest BCUT2D eigenvalue weighted by Crippen LogP contribution is 2.32. The molecule has 0 radical (unpaired) electrons. The first kappa shape index (κ1) is 23.7. The third kappa shape index (κ3) is 5.85. The van der Waals surface area contributed by atoms with Crippen molar-refractivity contribution in [3.05, 3.63) is 29.7 Å². The van der Waals surface area contributed by atoms with E-state index in [0.717, 1.165) is 19.3 Å². The van der Waals surface area contributed by atoms with Crippen molar-refractivity contribution in [3.8, 4) is 17.0 Å². The van der Waals surface area contributed by atoms with Crippen molar-refractivity contribution in [2.24, 2.45) is 13.0 Å². The lowest BCUT2D eigenvalue weighted by atomic mass is 9.87. The Kier molecular flexibility index (Phi) is 7.84. The van der Waals surface area contributed by atoms with Crippen LogP contribution >= 0.6 is 0 Å².